The Morgan fingerprint density at radius 1 is 1.40 bits per heavy atom. The third-order valence-corrected chi connectivity index (χ3v) is 4.55. The molecular formula is C13H14F2O4S. The highest BCUT2D eigenvalue weighted by atomic mass is 32.2. The smallest absolute Gasteiger partial charge is 0.303 e. The van der Waals surface area contributed by atoms with Crippen molar-refractivity contribution in [1.29, 1.82) is 0 Å². The van der Waals surface area contributed by atoms with Gasteiger partial charge in [-0.2, -0.15) is 0 Å². The van der Waals surface area contributed by atoms with E-state index < -0.39 is 38.3 Å². The zero-order valence-electron chi connectivity index (χ0n) is 10.8. The highest BCUT2D eigenvalue weighted by molar-refractivity contribution is 7.90. The first-order chi connectivity index (χ1) is 9.21. The average molecular weight is 304 g/mol. The Kier molecular flexibility index (Phi) is 3.82. The first kappa shape index (κ1) is 14.9. The molecule has 1 aliphatic rings. The zero-order chi connectivity index (χ0) is 15.1. The molecular weight excluding hydrogens is 290 g/mol. The van der Waals surface area contributed by atoms with Gasteiger partial charge in [-0.3, -0.25) is 4.79 Å². The summed E-state index contributed by atoms with van der Waals surface area (Å²) in [6.45, 7) is 0. The van der Waals surface area contributed by atoms with Gasteiger partial charge in [0.15, 0.2) is 9.84 Å². The molecule has 4 nitrogen and oxygen atoms in total. The van der Waals surface area contributed by atoms with Crippen LogP contribution in [0, 0.1) is 17.6 Å². The molecule has 1 unspecified atom stereocenters. The van der Waals surface area contributed by atoms with Crippen LogP contribution in [0.1, 0.15) is 30.7 Å². The molecule has 110 valence electrons. The lowest BCUT2D eigenvalue weighted by Gasteiger charge is -2.17. The van der Waals surface area contributed by atoms with Gasteiger partial charge in [-0.1, -0.05) is 6.07 Å². The van der Waals surface area contributed by atoms with E-state index >= 15 is 0 Å². The fourth-order valence-corrected chi connectivity index (χ4v) is 3.26. The second-order valence-corrected chi connectivity index (χ2v) is 7.05. The SMILES string of the molecule is CS(=O)(=O)c1c(F)ccc(C(CC(=O)O)C2CC2)c1F. The Labute approximate surface area is 115 Å². The van der Waals surface area contributed by atoms with E-state index in [2.05, 4.69) is 0 Å². The Morgan fingerprint density at radius 2 is 2.00 bits per heavy atom. The summed E-state index contributed by atoms with van der Waals surface area (Å²) in [5.41, 5.74) is -0.0308. The third-order valence-electron chi connectivity index (χ3n) is 3.43. The lowest BCUT2D eigenvalue weighted by atomic mass is 9.90. The van der Waals surface area contributed by atoms with E-state index in [4.69, 9.17) is 5.11 Å². The molecule has 1 saturated carbocycles. The lowest BCUT2D eigenvalue weighted by molar-refractivity contribution is -0.137. The molecule has 0 aromatic heterocycles. The van der Waals surface area contributed by atoms with E-state index in [1.54, 1.807) is 0 Å². The van der Waals surface area contributed by atoms with Crippen molar-refractivity contribution in [2.75, 3.05) is 6.26 Å². The van der Waals surface area contributed by atoms with Gasteiger partial charge in [0.05, 0.1) is 6.42 Å². The normalized spacial score (nSPS) is 16.9. The third kappa shape index (κ3) is 2.98. The van der Waals surface area contributed by atoms with E-state index in [1.165, 1.54) is 0 Å². The Balaban J connectivity index is 2.54. The summed E-state index contributed by atoms with van der Waals surface area (Å²) in [7, 11) is -4.05. The van der Waals surface area contributed by atoms with Gasteiger partial charge in [0.25, 0.3) is 0 Å². The van der Waals surface area contributed by atoms with Gasteiger partial charge in [0, 0.05) is 12.2 Å². The first-order valence-corrected chi connectivity index (χ1v) is 8.00. The van der Waals surface area contributed by atoms with Gasteiger partial charge < -0.3 is 5.11 Å². The number of carboxylic acids is 1. The Morgan fingerprint density at radius 3 is 2.45 bits per heavy atom. The summed E-state index contributed by atoms with van der Waals surface area (Å²) in [6.07, 6.45) is 1.96. The molecule has 0 aliphatic heterocycles. The molecule has 0 amide bonds. The maximum Gasteiger partial charge on any atom is 0.303 e. The fraction of sp³-hybridized carbons (Fsp3) is 0.462. The minimum absolute atomic E-state index is 0.0125. The van der Waals surface area contributed by atoms with Crippen molar-refractivity contribution in [1.82, 2.24) is 0 Å². The minimum Gasteiger partial charge on any atom is -0.481 e. The highest BCUT2D eigenvalue weighted by Gasteiger charge is 2.37. The van der Waals surface area contributed by atoms with Gasteiger partial charge >= 0.3 is 5.97 Å². The number of halogens is 2. The molecule has 0 heterocycles. The predicted octanol–water partition coefficient (Wildman–Crippen LogP) is 2.34. The van der Waals surface area contributed by atoms with E-state index in [0.29, 0.717) is 0 Å². The quantitative estimate of drug-likeness (QED) is 0.906. The fourth-order valence-electron chi connectivity index (χ4n) is 2.39. The van der Waals surface area contributed by atoms with Crippen molar-refractivity contribution in [2.24, 2.45) is 5.92 Å². The molecule has 0 spiro atoms. The van der Waals surface area contributed by atoms with Crippen molar-refractivity contribution in [3.63, 3.8) is 0 Å². The standard InChI is InChI=1S/C13H14F2O4S/c1-20(18,19)13-10(14)5-4-8(12(13)15)9(6-11(16)17)7-2-3-7/h4-5,7,9H,2-3,6H2,1H3,(H,16,17). The van der Waals surface area contributed by atoms with Crippen LogP contribution >= 0.6 is 0 Å². The Bertz CT molecular complexity index is 651. The van der Waals surface area contributed by atoms with Crippen LogP contribution in [0.2, 0.25) is 0 Å². The van der Waals surface area contributed by atoms with E-state index in [1.807, 2.05) is 0 Å². The summed E-state index contributed by atoms with van der Waals surface area (Å²) in [5.74, 6) is -4.01. The van der Waals surface area contributed by atoms with Crippen LogP contribution in [0.3, 0.4) is 0 Å². The van der Waals surface area contributed by atoms with E-state index in [-0.39, 0.29) is 17.9 Å². The van der Waals surface area contributed by atoms with Crippen LogP contribution in [-0.2, 0) is 14.6 Å². The lowest BCUT2D eigenvalue weighted by Crippen LogP contribution is -2.14. The predicted molar refractivity (Wildman–Crippen MR) is 67.2 cm³/mol. The van der Waals surface area contributed by atoms with Crippen LogP contribution in [0.4, 0.5) is 8.78 Å². The van der Waals surface area contributed by atoms with E-state index in [0.717, 1.165) is 31.2 Å². The maximum absolute atomic E-state index is 14.3. The molecule has 1 fully saturated rings. The Hall–Kier alpha value is -1.50. The molecule has 0 bridgehead atoms. The molecule has 1 atom stereocenters. The van der Waals surface area contributed by atoms with Crippen molar-refractivity contribution < 1.29 is 27.1 Å². The second-order valence-electron chi connectivity index (χ2n) is 5.09. The summed E-state index contributed by atoms with van der Waals surface area (Å²) in [5, 5.41) is 8.88. The van der Waals surface area contributed by atoms with Gasteiger partial charge in [0.2, 0.25) is 0 Å². The van der Waals surface area contributed by atoms with Crippen LogP contribution in [0.15, 0.2) is 17.0 Å². The number of carbonyl (C=O) groups is 1. The van der Waals surface area contributed by atoms with Crippen molar-refractivity contribution in [3.05, 3.63) is 29.3 Å². The number of hydrogen-bond acceptors (Lipinski definition) is 3. The molecule has 20 heavy (non-hydrogen) atoms. The van der Waals surface area contributed by atoms with Gasteiger partial charge in [-0.25, -0.2) is 17.2 Å². The molecule has 0 saturated heterocycles. The van der Waals surface area contributed by atoms with Crippen LogP contribution in [0.5, 0.6) is 0 Å². The van der Waals surface area contributed by atoms with Crippen LogP contribution in [0.25, 0.3) is 0 Å². The number of sulfone groups is 1. The second kappa shape index (κ2) is 5.12. The monoisotopic (exact) mass is 304 g/mol. The number of rotatable bonds is 5. The van der Waals surface area contributed by atoms with Gasteiger partial charge in [-0.15, -0.1) is 0 Å². The number of benzene rings is 1. The first-order valence-electron chi connectivity index (χ1n) is 6.11. The number of hydrogen-bond donors (Lipinski definition) is 1. The van der Waals surface area contributed by atoms with Crippen molar-refractivity contribution in [2.45, 2.75) is 30.1 Å². The van der Waals surface area contributed by atoms with Crippen molar-refractivity contribution in [3.8, 4) is 0 Å². The number of carboxylic acid groups (broad SMARTS) is 1. The molecule has 7 heteroatoms. The summed E-state index contributed by atoms with van der Waals surface area (Å²) >= 11 is 0. The molecule has 1 N–H and O–H groups in total. The average Bonchev–Trinajstić information content (AvgIpc) is 3.08. The van der Waals surface area contributed by atoms with Gasteiger partial charge in [-0.05, 0) is 30.4 Å². The van der Waals surface area contributed by atoms with Gasteiger partial charge in [0.1, 0.15) is 16.5 Å². The molecule has 1 aromatic carbocycles. The van der Waals surface area contributed by atoms with Crippen molar-refractivity contribution >= 4 is 15.8 Å². The summed E-state index contributed by atoms with van der Waals surface area (Å²) in [6, 6.07) is 2.03. The molecule has 1 aliphatic carbocycles. The zero-order valence-corrected chi connectivity index (χ0v) is 11.6. The summed E-state index contributed by atoms with van der Waals surface area (Å²) in [4.78, 5) is 9.88. The van der Waals surface area contributed by atoms with Crippen LogP contribution in [-0.4, -0.2) is 25.7 Å². The minimum atomic E-state index is -4.05. The number of aliphatic carboxylic acids is 1. The molecule has 1 aromatic rings. The largest absolute Gasteiger partial charge is 0.481 e. The summed E-state index contributed by atoms with van der Waals surface area (Å²) < 4.78 is 50.8. The highest BCUT2D eigenvalue weighted by Crippen LogP contribution is 2.46. The van der Waals surface area contributed by atoms with E-state index in [9.17, 15) is 22.0 Å². The maximum atomic E-state index is 14.3. The van der Waals surface area contributed by atoms with Crippen LogP contribution < -0.4 is 0 Å². The topological polar surface area (TPSA) is 71.4 Å². The molecule has 0 radical (unpaired) electrons. The molecule has 2 rings (SSSR count).